The number of hydrogen-bond acceptors (Lipinski definition) is 2. The molecular formula is C12H10ClF2NO. The van der Waals surface area contributed by atoms with Gasteiger partial charge in [0, 0.05) is 5.56 Å². The highest BCUT2D eigenvalue weighted by molar-refractivity contribution is 6.29. The van der Waals surface area contributed by atoms with E-state index in [2.05, 4.69) is 5.32 Å². The predicted molar refractivity (Wildman–Crippen MR) is 61.0 cm³/mol. The SMILES string of the molecule is CNC(c1ccc(F)c(F)c1)c1ccoc1Cl. The minimum absolute atomic E-state index is 0.231. The van der Waals surface area contributed by atoms with Crippen molar-refractivity contribution in [2.45, 2.75) is 6.04 Å². The first-order chi connectivity index (χ1) is 8.13. The Morgan fingerprint density at radius 2 is 2.00 bits per heavy atom. The van der Waals surface area contributed by atoms with Gasteiger partial charge in [-0.1, -0.05) is 6.07 Å². The Balaban J connectivity index is 2.42. The third-order valence-corrected chi connectivity index (χ3v) is 2.83. The monoisotopic (exact) mass is 257 g/mol. The van der Waals surface area contributed by atoms with Crippen LogP contribution in [-0.4, -0.2) is 7.05 Å². The number of hydrogen-bond donors (Lipinski definition) is 1. The summed E-state index contributed by atoms with van der Waals surface area (Å²) < 4.78 is 31.0. The zero-order valence-corrected chi connectivity index (χ0v) is 9.76. The third-order valence-electron chi connectivity index (χ3n) is 2.52. The third kappa shape index (κ3) is 2.33. The molecule has 90 valence electrons. The molecule has 0 spiro atoms. The van der Waals surface area contributed by atoms with Gasteiger partial charge >= 0.3 is 0 Å². The Hall–Kier alpha value is -1.39. The van der Waals surface area contributed by atoms with Crippen LogP contribution in [0.1, 0.15) is 17.2 Å². The van der Waals surface area contributed by atoms with Crippen LogP contribution in [0.4, 0.5) is 8.78 Å². The standard InChI is InChI=1S/C12H10ClF2NO/c1-16-11(8-4-5-17-12(8)13)7-2-3-9(14)10(15)6-7/h2-6,11,16H,1H3. The lowest BCUT2D eigenvalue weighted by Crippen LogP contribution is -2.17. The van der Waals surface area contributed by atoms with Crippen LogP contribution < -0.4 is 5.32 Å². The number of nitrogens with one attached hydrogen (secondary N) is 1. The molecule has 1 atom stereocenters. The molecule has 0 aliphatic rings. The molecule has 0 saturated carbocycles. The van der Waals surface area contributed by atoms with Crippen LogP contribution in [0.15, 0.2) is 34.9 Å². The van der Waals surface area contributed by atoms with Gasteiger partial charge in [-0.05, 0) is 42.4 Å². The van der Waals surface area contributed by atoms with Crippen molar-refractivity contribution in [2.75, 3.05) is 7.05 Å². The zero-order chi connectivity index (χ0) is 12.4. The molecule has 2 rings (SSSR count). The summed E-state index contributed by atoms with van der Waals surface area (Å²) >= 11 is 5.86. The van der Waals surface area contributed by atoms with Gasteiger partial charge in [-0.15, -0.1) is 0 Å². The van der Waals surface area contributed by atoms with E-state index in [1.54, 1.807) is 13.1 Å². The molecule has 1 aromatic carbocycles. The average Bonchev–Trinajstić information content (AvgIpc) is 2.71. The van der Waals surface area contributed by atoms with Crippen molar-refractivity contribution in [3.63, 3.8) is 0 Å². The van der Waals surface area contributed by atoms with Crippen LogP contribution >= 0.6 is 11.6 Å². The average molecular weight is 258 g/mol. The highest BCUT2D eigenvalue weighted by atomic mass is 35.5. The van der Waals surface area contributed by atoms with Gasteiger partial charge in [0.1, 0.15) is 0 Å². The summed E-state index contributed by atoms with van der Waals surface area (Å²) in [5.74, 6) is -1.76. The lowest BCUT2D eigenvalue weighted by molar-refractivity contribution is 0.504. The number of furan rings is 1. The molecule has 2 aromatic rings. The van der Waals surface area contributed by atoms with Gasteiger partial charge in [-0.2, -0.15) is 0 Å². The maximum absolute atomic E-state index is 13.2. The Morgan fingerprint density at radius 1 is 1.24 bits per heavy atom. The molecule has 1 unspecified atom stereocenters. The summed E-state index contributed by atoms with van der Waals surface area (Å²) in [6.45, 7) is 0. The second kappa shape index (κ2) is 4.85. The lowest BCUT2D eigenvalue weighted by atomic mass is 10.0. The Bertz CT molecular complexity index is 527. The number of rotatable bonds is 3. The van der Waals surface area contributed by atoms with E-state index in [1.165, 1.54) is 12.3 Å². The fourth-order valence-electron chi connectivity index (χ4n) is 1.70. The summed E-state index contributed by atoms with van der Waals surface area (Å²) in [6.07, 6.45) is 1.45. The fourth-order valence-corrected chi connectivity index (χ4v) is 1.93. The molecule has 1 N–H and O–H groups in total. The first kappa shape index (κ1) is 12.1. The quantitative estimate of drug-likeness (QED) is 0.910. The van der Waals surface area contributed by atoms with Gasteiger partial charge in [0.25, 0.3) is 0 Å². The molecule has 1 aromatic heterocycles. The van der Waals surface area contributed by atoms with Gasteiger partial charge in [0.2, 0.25) is 0 Å². The summed E-state index contributed by atoms with van der Waals surface area (Å²) in [5.41, 5.74) is 1.26. The van der Waals surface area contributed by atoms with Gasteiger partial charge in [0.05, 0.1) is 12.3 Å². The van der Waals surface area contributed by atoms with Gasteiger partial charge < -0.3 is 9.73 Å². The van der Waals surface area contributed by atoms with Crippen LogP contribution in [0.3, 0.4) is 0 Å². The maximum Gasteiger partial charge on any atom is 0.198 e. The van der Waals surface area contributed by atoms with Crippen LogP contribution in [-0.2, 0) is 0 Å². The molecule has 0 saturated heterocycles. The Morgan fingerprint density at radius 3 is 2.53 bits per heavy atom. The highest BCUT2D eigenvalue weighted by Crippen LogP contribution is 2.29. The molecule has 0 radical (unpaired) electrons. The topological polar surface area (TPSA) is 25.2 Å². The minimum atomic E-state index is -0.887. The predicted octanol–water partition coefficient (Wildman–Crippen LogP) is 3.52. The summed E-state index contributed by atoms with van der Waals surface area (Å²) in [5, 5.41) is 3.21. The van der Waals surface area contributed by atoms with E-state index in [9.17, 15) is 8.78 Å². The number of benzene rings is 1. The van der Waals surface area contributed by atoms with Gasteiger partial charge in [-0.3, -0.25) is 0 Å². The van der Waals surface area contributed by atoms with E-state index < -0.39 is 11.6 Å². The van der Waals surface area contributed by atoms with E-state index in [1.807, 2.05) is 0 Å². The second-order valence-corrected chi connectivity index (χ2v) is 3.89. The van der Waals surface area contributed by atoms with Crippen molar-refractivity contribution in [3.05, 3.63) is 58.5 Å². The van der Waals surface area contributed by atoms with E-state index in [0.29, 0.717) is 11.1 Å². The van der Waals surface area contributed by atoms with E-state index >= 15 is 0 Å². The summed E-state index contributed by atoms with van der Waals surface area (Å²) in [4.78, 5) is 0. The maximum atomic E-state index is 13.2. The number of halogens is 3. The smallest absolute Gasteiger partial charge is 0.198 e. The highest BCUT2D eigenvalue weighted by Gasteiger charge is 2.18. The Kier molecular flexibility index (Phi) is 3.45. The van der Waals surface area contributed by atoms with Gasteiger partial charge in [-0.25, -0.2) is 8.78 Å². The largest absolute Gasteiger partial charge is 0.453 e. The molecule has 17 heavy (non-hydrogen) atoms. The van der Waals surface area contributed by atoms with Crippen LogP contribution in [0.25, 0.3) is 0 Å². The zero-order valence-electron chi connectivity index (χ0n) is 9.01. The van der Waals surface area contributed by atoms with E-state index in [4.69, 9.17) is 16.0 Å². The van der Waals surface area contributed by atoms with Gasteiger partial charge in [0.15, 0.2) is 16.9 Å². The molecule has 1 heterocycles. The summed E-state index contributed by atoms with van der Waals surface area (Å²) in [7, 11) is 1.70. The summed E-state index contributed by atoms with van der Waals surface area (Å²) in [6, 6.07) is 5.08. The Labute approximate surface area is 102 Å². The molecule has 0 bridgehead atoms. The molecule has 0 amide bonds. The van der Waals surface area contributed by atoms with Crippen molar-refractivity contribution in [1.82, 2.24) is 5.32 Å². The molecular weight excluding hydrogens is 248 g/mol. The van der Waals surface area contributed by atoms with Crippen LogP contribution in [0, 0.1) is 11.6 Å². The van der Waals surface area contributed by atoms with Crippen molar-refractivity contribution in [2.24, 2.45) is 0 Å². The minimum Gasteiger partial charge on any atom is -0.453 e. The molecule has 0 aliphatic carbocycles. The fraction of sp³-hybridized carbons (Fsp3) is 0.167. The first-order valence-corrected chi connectivity index (χ1v) is 5.36. The van der Waals surface area contributed by atoms with E-state index in [-0.39, 0.29) is 11.3 Å². The van der Waals surface area contributed by atoms with Crippen molar-refractivity contribution < 1.29 is 13.2 Å². The first-order valence-electron chi connectivity index (χ1n) is 4.98. The van der Waals surface area contributed by atoms with Crippen LogP contribution in [0.2, 0.25) is 5.22 Å². The van der Waals surface area contributed by atoms with Crippen molar-refractivity contribution in [3.8, 4) is 0 Å². The molecule has 2 nitrogen and oxygen atoms in total. The van der Waals surface area contributed by atoms with Crippen molar-refractivity contribution in [1.29, 1.82) is 0 Å². The molecule has 0 aliphatic heterocycles. The molecule has 0 fully saturated rings. The normalized spacial score (nSPS) is 12.7. The van der Waals surface area contributed by atoms with Crippen molar-refractivity contribution >= 4 is 11.6 Å². The lowest BCUT2D eigenvalue weighted by Gasteiger charge is -2.15. The molecule has 5 heteroatoms. The van der Waals surface area contributed by atoms with Crippen LogP contribution in [0.5, 0.6) is 0 Å². The van der Waals surface area contributed by atoms with E-state index in [0.717, 1.165) is 12.1 Å². The second-order valence-electron chi connectivity index (χ2n) is 3.54.